The molecule has 3 rings (SSSR count). The Morgan fingerprint density at radius 2 is 1.76 bits per heavy atom. The van der Waals surface area contributed by atoms with Crippen LogP contribution in [-0.4, -0.2) is 41.9 Å². The van der Waals surface area contributed by atoms with Crippen LogP contribution in [-0.2, 0) is 10.0 Å². The molecular weight excluding hydrogens is 412 g/mol. The fourth-order valence-corrected chi connectivity index (χ4v) is 4.56. The van der Waals surface area contributed by atoms with Crippen LogP contribution in [0.25, 0.3) is 11.3 Å². The molecule has 0 bridgehead atoms. The Labute approximate surface area is 174 Å². The van der Waals surface area contributed by atoms with Crippen molar-refractivity contribution in [2.24, 2.45) is 0 Å². The minimum Gasteiger partial charge on any atom is -0.321 e. The first kappa shape index (κ1) is 21.0. The highest BCUT2D eigenvalue weighted by Crippen LogP contribution is 2.26. The minimum atomic E-state index is -3.54. The van der Waals surface area contributed by atoms with E-state index in [0.717, 1.165) is 5.56 Å². The lowest BCUT2D eigenvalue weighted by molar-refractivity contribution is 0.102. The topological polar surface area (TPSA) is 95.2 Å². The summed E-state index contributed by atoms with van der Waals surface area (Å²) in [4.78, 5) is 12.7. The van der Waals surface area contributed by atoms with E-state index in [9.17, 15) is 13.2 Å². The van der Waals surface area contributed by atoms with E-state index in [1.165, 1.54) is 16.4 Å². The van der Waals surface area contributed by atoms with Gasteiger partial charge in [0.2, 0.25) is 10.0 Å². The van der Waals surface area contributed by atoms with E-state index in [1.807, 2.05) is 18.2 Å². The lowest BCUT2D eigenvalue weighted by Gasteiger charge is -2.18. The third kappa shape index (κ3) is 4.50. The SMILES string of the molecule is CCN(CC)S(=O)(=O)c1ccc(NC(=O)c2cc(-c3ccccc3Cl)n[nH]2)cc1. The van der Waals surface area contributed by atoms with Crippen LogP contribution in [0.2, 0.25) is 5.02 Å². The molecule has 9 heteroatoms. The van der Waals surface area contributed by atoms with Crippen molar-refractivity contribution in [1.29, 1.82) is 0 Å². The van der Waals surface area contributed by atoms with Gasteiger partial charge in [0.05, 0.1) is 15.6 Å². The van der Waals surface area contributed by atoms with Crippen LogP contribution in [0.4, 0.5) is 5.69 Å². The molecule has 1 aromatic heterocycles. The van der Waals surface area contributed by atoms with Gasteiger partial charge in [-0.3, -0.25) is 9.89 Å². The smallest absolute Gasteiger partial charge is 0.273 e. The Morgan fingerprint density at radius 1 is 1.10 bits per heavy atom. The molecule has 0 aliphatic heterocycles. The van der Waals surface area contributed by atoms with Crippen molar-refractivity contribution in [3.63, 3.8) is 0 Å². The molecule has 0 spiro atoms. The molecule has 0 fully saturated rings. The van der Waals surface area contributed by atoms with Crippen LogP contribution in [0.15, 0.2) is 59.5 Å². The van der Waals surface area contributed by atoms with E-state index in [-0.39, 0.29) is 10.6 Å². The Hall–Kier alpha value is -2.68. The number of hydrogen-bond acceptors (Lipinski definition) is 4. The second-order valence-corrected chi connectivity index (χ2v) is 8.56. The molecule has 0 atom stereocenters. The fraction of sp³-hybridized carbons (Fsp3) is 0.200. The summed E-state index contributed by atoms with van der Waals surface area (Å²) in [7, 11) is -3.54. The van der Waals surface area contributed by atoms with Crippen molar-refractivity contribution in [1.82, 2.24) is 14.5 Å². The van der Waals surface area contributed by atoms with Crippen LogP contribution in [0.1, 0.15) is 24.3 Å². The van der Waals surface area contributed by atoms with Gasteiger partial charge in [0.25, 0.3) is 5.91 Å². The predicted molar refractivity (Wildman–Crippen MR) is 114 cm³/mol. The lowest BCUT2D eigenvalue weighted by atomic mass is 10.1. The number of carbonyl (C=O) groups excluding carboxylic acids is 1. The number of nitrogens with zero attached hydrogens (tertiary/aromatic N) is 2. The van der Waals surface area contributed by atoms with Gasteiger partial charge in [-0.25, -0.2) is 8.42 Å². The molecule has 152 valence electrons. The maximum atomic E-state index is 12.5. The molecule has 0 saturated heterocycles. The van der Waals surface area contributed by atoms with Gasteiger partial charge in [0.15, 0.2) is 0 Å². The Bertz CT molecular complexity index is 1110. The number of aromatic amines is 1. The average molecular weight is 433 g/mol. The van der Waals surface area contributed by atoms with Crippen molar-refractivity contribution < 1.29 is 13.2 Å². The Balaban J connectivity index is 1.74. The third-order valence-electron chi connectivity index (χ3n) is 4.43. The molecule has 0 radical (unpaired) electrons. The maximum Gasteiger partial charge on any atom is 0.273 e. The zero-order valence-electron chi connectivity index (χ0n) is 16.0. The number of amides is 1. The van der Waals surface area contributed by atoms with E-state index in [0.29, 0.717) is 29.5 Å². The maximum absolute atomic E-state index is 12.5. The Kier molecular flexibility index (Phi) is 6.36. The van der Waals surface area contributed by atoms with Gasteiger partial charge in [-0.15, -0.1) is 0 Å². The van der Waals surface area contributed by atoms with Crippen LogP contribution >= 0.6 is 11.6 Å². The summed E-state index contributed by atoms with van der Waals surface area (Å²) in [5.74, 6) is -0.393. The zero-order valence-corrected chi connectivity index (χ0v) is 17.6. The number of rotatable bonds is 7. The van der Waals surface area contributed by atoms with Gasteiger partial charge in [-0.2, -0.15) is 9.40 Å². The summed E-state index contributed by atoms with van der Waals surface area (Å²) in [6.45, 7) is 4.36. The first-order chi connectivity index (χ1) is 13.9. The second-order valence-electron chi connectivity index (χ2n) is 6.21. The molecule has 2 aromatic carbocycles. The van der Waals surface area contributed by atoms with Gasteiger partial charge < -0.3 is 5.32 Å². The number of anilines is 1. The standard InChI is InChI=1S/C20H21ClN4O3S/c1-3-25(4-2)29(27,28)15-11-9-14(10-12-15)22-20(26)19-13-18(23-24-19)16-7-5-6-8-17(16)21/h5-13H,3-4H2,1-2H3,(H,22,26)(H,23,24). The van der Waals surface area contributed by atoms with Crippen molar-refractivity contribution in [2.75, 3.05) is 18.4 Å². The molecular formula is C20H21ClN4O3S. The third-order valence-corrected chi connectivity index (χ3v) is 6.82. The van der Waals surface area contributed by atoms with Crippen molar-refractivity contribution in [3.8, 4) is 11.3 Å². The summed E-state index contributed by atoms with van der Waals surface area (Å²) in [6, 6.07) is 14.9. The van der Waals surface area contributed by atoms with E-state index in [2.05, 4.69) is 15.5 Å². The van der Waals surface area contributed by atoms with Crippen molar-refractivity contribution in [3.05, 3.63) is 65.3 Å². The number of H-pyrrole nitrogens is 1. The summed E-state index contributed by atoms with van der Waals surface area (Å²) in [6.07, 6.45) is 0. The normalized spacial score (nSPS) is 11.6. The second kappa shape index (κ2) is 8.77. The molecule has 1 heterocycles. The average Bonchev–Trinajstić information content (AvgIpc) is 3.19. The van der Waals surface area contributed by atoms with Crippen LogP contribution in [0.3, 0.4) is 0 Å². The summed E-state index contributed by atoms with van der Waals surface area (Å²) >= 11 is 6.17. The van der Waals surface area contributed by atoms with E-state index in [1.54, 1.807) is 38.1 Å². The first-order valence-corrected chi connectivity index (χ1v) is 10.9. The summed E-state index contributed by atoms with van der Waals surface area (Å²) < 4.78 is 26.4. The van der Waals surface area contributed by atoms with E-state index < -0.39 is 15.9 Å². The van der Waals surface area contributed by atoms with Crippen molar-refractivity contribution >= 4 is 33.2 Å². The van der Waals surface area contributed by atoms with Crippen molar-refractivity contribution in [2.45, 2.75) is 18.7 Å². The molecule has 3 aromatic rings. The number of nitrogens with one attached hydrogen (secondary N) is 2. The highest BCUT2D eigenvalue weighted by atomic mass is 35.5. The molecule has 0 unspecified atom stereocenters. The number of sulfonamides is 1. The summed E-state index contributed by atoms with van der Waals surface area (Å²) in [5, 5.41) is 10.1. The first-order valence-electron chi connectivity index (χ1n) is 9.08. The summed E-state index contributed by atoms with van der Waals surface area (Å²) in [5.41, 5.74) is 2.01. The van der Waals surface area contributed by atoms with E-state index in [4.69, 9.17) is 11.6 Å². The predicted octanol–water partition coefficient (Wildman–Crippen LogP) is 4.01. The molecule has 29 heavy (non-hydrogen) atoms. The highest BCUT2D eigenvalue weighted by molar-refractivity contribution is 7.89. The van der Waals surface area contributed by atoms with Gasteiger partial charge in [0.1, 0.15) is 5.69 Å². The van der Waals surface area contributed by atoms with Crippen LogP contribution in [0.5, 0.6) is 0 Å². The molecule has 0 aliphatic rings. The van der Waals surface area contributed by atoms with Gasteiger partial charge in [-0.05, 0) is 36.4 Å². The van der Waals surface area contributed by atoms with Gasteiger partial charge in [-0.1, -0.05) is 43.6 Å². The quantitative estimate of drug-likeness (QED) is 0.589. The highest BCUT2D eigenvalue weighted by Gasteiger charge is 2.21. The monoisotopic (exact) mass is 432 g/mol. The number of halogens is 1. The number of hydrogen-bond donors (Lipinski definition) is 2. The minimum absolute atomic E-state index is 0.182. The molecule has 1 amide bonds. The number of carbonyl (C=O) groups is 1. The Morgan fingerprint density at radius 3 is 2.38 bits per heavy atom. The lowest BCUT2D eigenvalue weighted by Crippen LogP contribution is -2.30. The molecule has 2 N–H and O–H groups in total. The van der Waals surface area contributed by atoms with Gasteiger partial charge in [0, 0.05) is 24.3 Å². The molecule has 7 nitrogen and oxygen atoms in total. The zero-order chi connectivity index (χ0) is 21.0. The number of aromatic nitrogens is 2. The fourth-order valence-electron chi connectivity index (χ4n) is 2.87. The number of benzene rings is 2. The van der Waals surface area contributed by atoms with Crippen LogP contribution in [0, 0.1) is 0 Å². The van der Waals surface area contributed by atoms with Crippen LogP contribution < -0.4 is 5.32 Å². The van der Waals surface area contributed by atoms with E-state index >= 15 is 0 Å². The molecule has 0 aliphatic carbocycles. The van der Waals surface area contributed by atoms with Gasteiger partial charge >= 0.3 is 0 Å². The largest absolute Gasteiger partial charge is 0.321 e. The molecule has 0 saturated carbocycles.